The topological polar surface area (TPSA) is 65.0 Å². The summed E-state index contributed by atoms with van der Waals surface area (Å²) in [5.74, 6) is 0.0208. The van der Waals surface area contributed by atoms with E-state index in [9.17, 15) is 9.18 Å². The Morgan fingerprint density at radius 1 is 1.10 bits per heavy atom. The van der Waals surface area contributed by atoms with Crippen molar-refractivity contribution in [3.63, 3.8) is 0 Å². The highest BCUT2D eigenvalue weighted by Gasteiger charge is 2.16. The highest BCUT2D eigenvalue weighted by atomic mass is 32.2. The molecule has 29 heavy (non-hydrogen) atoms. The van der Waals surface area contributed by atoms with Gasteiger partial charge < -0.3 is 4.74 Å². The third kappa shape index (κ3) is 4.13. The standard InChI is InChI=1S/C21H16FN3O2S2/c1-12-23-18-19(29-12)17(14-7-9-16(22)10-8-14)24-25-20(18)28-11-13-3-5-15(6-4-13)21(26)27-2/h3-10H,11H2,1-2H3. The number of nitrogens with zero attached hydrogens (tertiary/aromatic N) is 3. The number of halogens is 1. The van der Waals surface area contributed by atoms with Crippen molar-refractivity contribution in [2.24, 2.45) is 0 Å². The van der Waals surface area contributed by atoms with E-state index in [2.05, 4.69) is 15.2 Å². The van der Waals surface area contributed by atoms with Crippen LogP contribution in [-0.4, -0.2) is 28.3 Å². The minimum absolute atomic E-state index is 0.288. The molecule has 0 atom stereocenters. The quantitative estimate of drug-likeness (QED) is 0.320. The molecule has 0 bridgehead atoms. The molecule has 2 aromatic heterocycles. The summed E-state index contributed by atoms with van der Waals surface area (Å²) in [6.45, 7) is 1.94. The van der Waals surface area contributed by atoms with Crippen molar-refractivity contribution < 1.29 is 13.9 Å². The average molecular weight is 426 g/mol. The van der Waals surface area contributed by atoms with Crippen LogP contribution in [0.3, 0.4) is 0 Å². The van der Waals surface area contributed by atoms with E-state index in [4.69, 9.17) is 4.74 Å². The Balaban J connectivity index is 1.61. The highest BCUT2D eigenvalue weighted by Crippen LogP contribution is 2.36. The zero-order valence-corrected chi connectivity index (χ0v) is 17.3. The Kier molecular flexibility index (Phi) is 5.55. The zero-order chi connectivity index (χ0) is 20.4. The second-order valence-corrected chi connectivity index (χ2v) is 8.42. The second-order valence-electron chi connectivity index (χ2n) is 6.25. The normalized spacial score (nSPS) is 11.0. The van der Waals surface area contributed by atoms with Crippen molar-refractivity contribution in [3.8, 4) is 11.3 Å². The Morgan fingerprint density at radius 3 is 2.52 bits per heavy atom. The van der Waals surface area contributed by atoms with Gasteiger partial charge in [0.15, 0.2) is 0 Å². The van der Waals surface area contributed by atoms with E-state index < -0.39 is 0 Å². The van der Waals surface area contributed by atoms with Gasteiger partial charge in [-0.25, -0.2) is 14.2 Å². The molecule has 2 heterocycles. The lowest BCUT2D eigenvalue weighted by molar-refractivity contribution is 0.0600. The van der Waals surface area contributed by atoms with Gasteiger partial charge in [0.2, 0.25) is 0 Å². The van der Waals surface area contributed by atoms with Gasteiger partial charge in [0, 0.05) is 11.3 Å². The Bertz CT molecular complexity index is 1180. The van der Waals surface area contributed by atoms with Crippen LogP contribution in [0, 0.1) is 12.7 Å². The van der Waals surface area contributed by atoms with Gasteiger partial charge in [-0.05, 0) is 48.9 Å². The molecule has 4 aromatic rings. The predicted molar refractivity (Wildman–Crippen MR) is 113 cm³/mol. The lowest BCUT2D eigenvalue weighted by Gasteiger charge is -2.06. The molecule has 4 rings (SSSR count). The highest BCUT2D eigenvalue weighted by molar-refractivity contribution is 7.98. The predicted octanol–water partition coefficient (Wildman–Crippen LogP) is 5.28. The number of ether oxygens (including phenoxy) is 1. The number of rotatable bonds is 5. The van der Waals surface area contributed by atoms with E-state index in [-0.39, 0.29) is 11.8 Å². The largest absolute Gasteiger partial charge is 0.465 e. The Hall–Kier alpha value is -2.84. The number of thiazole rings is 1. The summed E-state index contributed by atoms with van der Waals surface area (Å²) >= 11 is 3.09. The minimum atomic E-state index is -0.355. The van der Waals surface area contributed by atoms with Gasteiger partial charge in [0.25, 0.3) is 0 Å². The molecular formula is C21H16FN3O2S2. The molecule has 0 unspecified atom stereocenters. The summed E-state index contributed by atoms with van der Waals surface area (Å²) in [7, 11) is 1.36. The molecule has 0 aliphatic heterocycles. The molecule has 0 N–H and O–H groups in total. The van der Waals surface area contributed by atoms with Crippen molar-refractivity contribution in [3.05, 3.63) is 70.5 Å². The van der Waals surface area contributed by atoms with Gasteiger partial charge in [-0.15, -0.1) is 21.5 Å². The molecule has 0 saturated carbocycles. The van der Waals surface area contributed by atoms with E-state index in [0.29, 0.717) is 17.0 Å². The Labute approximate surface area is 175 Å². The maximum absolute atomic E-state index is 13.3. The number of methoxy groups -OCH3 is 1. The lowest BCUT2D eigenvalue weighted by Crippen LogP contribution is -2.00. The maximum Gasteiger partial charge on any atom is 0.337 e. The fraction of sp³-hybridized carbons (Fsp3) is 0.143. The number of aryl methyl sites for hydroxylation is 1. The average Bonchev–Trinajstić information content (AvgIpc) is 3.14. The second kappa shape index (κ2) is 8.26. The molecule has 5 nitrogen and oxygen atoms in total. The van der Waals surface area contributed by atoms with Crippen molar-refractivity contribution >= 4 is 39.3 Å². The summed E-state index contributed by atoms with van der Waals surface area (Å²) in [5.41, 5.74) is 3.88. The van der Waals surface area contributed by atoms with Gasteiger partial charge in [0.05, 0.1) is 22.4 Å². The molecule has 2 aromatic carbocycles. The van der Waals surface area contributed by atoms with Crippen molar-refractivity contribution in [2.45, 2.75) is 17.7 Å². The van der Waals surface area contributed by atoms with Crippen molar-refractivity contribution in [1.82, 2.24) is 15.2 Å². The van der Waals surface area contributed by atoms with Crippen LogP contribution in [0.4, 0.5) is 4.39 Å². The van der Waals surface area contributed by atoms with Crippen LogP contribution in [0.5, 0.6) is 0 Å². The molecule has 0 aliphatic rings. The van der Waals surface area contributed by atoms with E-state index in [1.54, 1.807) is 35.6 Å². The summed E-state index contributed by atoms with van der Waals surface area (Å²) in [4.78, 5) is 16.2. The summed E-state index contributed by atoms with van der Waals surface area (Å²) < 4.78 is 18.9. The fourth-order valence-corrected chi connectivity index (χ4v) is 4.69. The zero-order valence-electron chi connectivity index (χ0n) is 15.7. The minimum Gasteiger partial charge on any atom is -0.465 e. The summed E-state index contributed by atoms with van der Waals surface area (Å²) in [5, 5.41) is 10.4. The number of aromatic nitrogens is 3. The first kappa shape index (κ1) is 19.5. The van der Waals surface area contributed by atoms with Gasteiger partial charge in [-0.1, -0.05) is 23.9 Å². The Morgan fingerprint density at radius 2 is 1.83 bits per heavy atom. The SMILES string of the molecule is COC(=O)c1ccc(CSc2nnc(-c3ccc(F)cc3)c3sc(C)nc23)cc1. The van der Waals surface area contributed by atoms with E-state index in [1.165, 1.54) is 31.0 Å². The summed E-state index contributed by atoms with van der Waals surface area (Å²) in [6, 6.07) is 13.5. The lowest BCUT2D eigenvalue weighted by atomic mass is 10.1. The van der Waals surface area contributed by atoms with E-state index >= 15 is 0 Å². The molecule has 0 radical (unpaired) electrons. The number of carbonyl (C=O) groups is 1. The van der Waals surface area contributed by atoms with Crippen LogP contribution in [0.15, 0.2) is 53.6 Å². The van der Waals surface area contributed by atoms with E-state index in [0.717, 1.165) is 31.4 Å². The van der Waals surface area contributed by atoms with E-state index in [1.807, 2.05) is 19.1 Å². The van der Waals surface area contributed by atoms with Crippen LogP contribution in [0.25, 0.3) is 21.5 Å². The summed E-state index contributed by atoms with van der Waals surface area (Å²) in [6.07, 6.45) is 0. The first-order valence-corrected chi connectivity index (χ1v) is 10.5. The van der Waals surface area contributed by atoms with Crippen LogP contribution in [0.2, 0.25) is 0 Å². The maximum atomic E-state index is 13.3. The van der Waals surface area contributed by atoms with Gasteiger partial charge in [-0.3, -0.25) is 0 Å². The smallest absolute Gasteiger partial charge is 0.337 e. The third-order valence-electron chi connectivity index (χ3n) is 4.26. The monoisotopic (exact) mass is 425 g/mol. The number of carbonyl (C=O) groups excluding carboxylic acids is 1. The number of thioether (sulfide) groups is 1. The first-order chi connectivity index (χ1) is 14.0. The molecule has 8 heteroatoms. The van der Waals surface area contributed by atoms with Crippen LogP contribution >= 0.6 is 23.1 Å². The molecule has 0 amide bonds. The third-order valence-corrected chi connectivity index (χ3v) is 6.26. The molecule has 0 aliphatic carbocycles. The van der Waals surface area contributed by atoms with Crippen molar-refractivity contribution in [2.75, 3.05) is 7.11 Å². The number of hydrogen-bond acceptors (Lipinski definition) is 7. The van der Waals surface area contributed by atoms with Crippen LogP contribution in [0.1, 0.15) is 20.9 Å². The van der Waals surface area contributed by atoms with Gasteiger partial charge >= 0.3 is 5.97 Å². The van der Waals surface area contributed by atoms with Gasteiger partial charge in [-0.2, -0.15) is 0 Å². The van der Waals surface area contributed by atoms with Crippen LogP contribution < -0.4 is 0 Å². The molecule has 0 saturated heterocycles. The van der Waals surface area contributed by atoms with Gasteiger partial charge in [0.1, 0.15) is 22.1 Å². The first-order valence-electron chi connectivity index (χ1n) is 8.75. The molecule has 146 valence electrons. The number of esters is 1. The van der Waals surface area contributed by atoms with Crippen LogP contribution in [-0.2, 0) is 10.5 Å². The van der Waals surface area contributed by atoms with Crippen molar-refractivity contribution in [1.29, 1.82) is 0 Å². The number of hydrogen-bond donors (Lipinski definition) is 0. The molecule has 0 spiro atoms. The molecular weight excluding hydrogens is 409 g/mol. The molecule has 0 fully saturated rings. The fourth-order valence-electron chi connectivity index (χ4n) is 2.82. The number of benzene rings is 2. The number of fused-ring (bicyclic) bond motifs is 1.